The van der Waals surface area contributed by atoms with Crippen LogP contribution in [0.4, 0.5) is 5.69 Å². The van der Waals surface area contributed by atoms with Gasteiger partial charge in [-0.1, -0.05) is 30.3 Å². The molecular formula is C19H23ClN2O2. The van der Waals surface area contributed by atoms with E-state index in [4.69, 9.17) is 4.74 Å². The average molecular weight is 347 g/mol. The van der Waals surface area contributed by atoms with E-state index in [0.29, 0.717) is 19.6 Å². The summed E-state index contributed by atoms with van der Waals surface area (Å²) in [7, 11) is 0. The van der Waals surface area contributed by atoms with E-state index < -0.39 is 0 Å². The summed E-state index contributed by atoms with van der Waals surface area (Å²) < 4.78 is 5.70. The molecule has 0 atom stereocenters. The van der Waals surface area contributed by atoms with Crippen molar-refractivity contribution in [1.82, 2.24) is 5.32 Å². The van der Waals surface area contributed by atoms with Crippen molar-refractivity contribution >= 4 is 24.0 Å². The van der Waals surface area contributed by atoms with Crippen molar-refractivity contribution < 1.29 is 9.53 Å². The molecular weight excluding hydrogens is 324 g/mol. The van der Waals surface area contributed by atoms with Crippen LogP contribution >= 0.6 is 12.4 Å². The molecule has 0 unspecified atom stereocenters. The topological polar surface area (TPSA) is 41.6 Å². The van der Waals surface area contributed by atoms with Gasteiger partial charge in [0.15, 0.2) is 0 Å². The molecule has 1 N–H and O–H groups in total. The van der Waals surface area contributed by atoms with Crippen LogP contribution in [-0.4, -0.2) is 25.6 Å². The molecule has 0 bridgehead atoms. The molecule has 1 aliphatic rings. The zero-order chi connectivity index (χ0) is 16.1. The molecule has 0 aromatic heterocycles. The zero-order valence-electron chi connectivity index (χ0n) is 13.8. The maximum absolute atomic E-state index is 12.6. The molecule has 5 heteroatoms. The lowest BCUT2D eigenvalue weighted by atomic mass is 10.1. The van der Waals surface area contributed by atoms with E-state index >= 15 is 0 Å². The zero-order valence-corrected chi connectivity index (χ0v) is 14.6. The highest BCUT2D eigenvalue weighted by Crippen LogP contribution is 2.23. The fraction of sp³-hybridized carbons (Fsp3) is 0.316. The number of hydrogen-bond acceptors (Lipinski definition) is 3. The van der Waals surface area contributed by atoms with Gasteiger partial charge in [0.2, 0.25) is 5.91 Å². The predicted octanol–water partition coefficient (Wildman–Crippen LogP) is 3.32. The number of carbonyl (C=O) groups is 1. The van der Waals surface area contributed by atoms with Gasteiger partial charge in [-0.15, -0.1) is 12.4 Å². The van der Waals surface area contributed by atoms with E-state index in [9.17, 15) is 4.79 Å². The smallest absolute Gasteiger partial charge is 0.230 e. The van der Waals surface area contributed by atoms with Gasteiger partial charge in [0.1, 0.15) is 5.75 Å². The van der Waals surface area contributed by atoms with Crippen LogP contribution in [0.3, 0.4) is 0 Å². The van der Waals surface area contributed by atoms with Crippen molar-refractivity contribution in [2.75, 3.05) is 24.6 Å². The second kappa shape index (κ2) is 8.71. The number of ether oxygens (including phenoxy) is 1. The third-order valence-corrected chi connectivity index (χ3v) is 3.99. The lowest BCUT2D eigenvalue weighted by Crippen LogP contribution is -2.35. The Morgan fingerprint density at radius 2 is 2.04 bits per heavy atom. The first kappa shape index (κ1) is 18.3. The van der Waals surface area contributed by atoms with E-state index in [2.05, 4.69) is 11.4 Å². The maximum atomic E-state index is 12.6. The maximum Gasteiger partial charge on any atom is 0.230 e. The van der Waals surface area contributed by atoms with Gasteiger partial charge >= 0.3 is 0 Å². The largest absolute Gasteiger partial charge is 0.493 e. The molecule has 0 radical (unpaired) electrons. The normalized spacial score (nSPS) is 13.5. The average Bonchev–Trinajstić information content (AvgIpc) is 2.77. The number of amides is 1. The SMILES string of the molecule is Cc1cccc(OCCC(=O)N2CCNCc3ccccc32)c1.Cl. The molecule has 1 amide bonds. The molecule has 0 saturated heterocycles. The Kier molecular flexibility index (Phi) is 6.64. The summed E-state index contributed by atoms with van der Waals surface area (Å²) in [4.78, 5) is 14.5. The van der Waals surface area contributed by atoms with Crippen molar-refractivity contribution in [2.24, 2.45) is 0 Å². The van der Waals surface area contributed by atoms with E-state index in [-0.39, 0.29) is 18.3 Å². The van der Waals surface area contributed by atoms with Crippen LogP contribution in [0.15, 0.2) is 48.5 Å². The molecule has 1 aliphatic heterocycles. The van der Waals surface area contributed by atoms with Crippen molar-refractivity contribution in [3.63, 3.8) is 0 Å². The first-order valence-corrected chi connectivity index (χ1v) is 8.02. The number of anilines is 1. The van der Waals surface area contributed by atoms with Crippen LogP contribution in [0.1, 0.15) is 17.5 Å². The summed E-state index contributed by atoms with van der Waals surface area (Å²) in [5.74, 6) is 0.921. The van der Waals surface area contributed by atoms with Gasteiger partial charge in [-0.3, -0.25) is 4.79 Å². The molecule has 128 valence electrons. The Morgan fingerprint density at radius 3 is 2.88 bits per heavy atom. The Bertz CT molecular complexity index is 691. The number of nitrogens with one attached hydrogen (secondary N) is 1. The van der Waals surface area contributed by atoms with Crippen molar-refractivity contribution in [3.05, 3.63) is 59.7 Å². The number of aryl methyl sites for hydroxylation is 1. The third kappa shape index (κ3) is 4.49. The number of nitrogens with zero attached hydrogens (tertiary/aromatic N) is 1. The summed E-state index contributed by atoms with van der Waals surface area (Å²) >= 11 is 0. The molecule has 3 rings (SSSR count). The van der Waals surface area contributed by atoms with Crippen molar-refractivity contribution in [3.8, 4) is 5.75 Å². The molecule has 0 aliphatic carbocycles. The second-order valence-corrected chi connectivity index (χ2v) is 5.77. The van der Waals surface area contributed by atoms with Crippen LogP contribution in [0.2, 0.25) is 0 Å². The van der Waals surface area contributed by atoms with Gasteiger partial charge in [-0.2, -0.15) is 0 Å². The fourth-order valence-electron chi connectivity index (χ4n) is 2.81. The van der Waals surface area contributed by atoms with Gasteiger partial charge < -0.3 is 15.0 Å². The third-order valence-electron chi connectivity index (χ3n) is 3.99. The summed E-state index contributed by atoms with van der Waals surface area (Å²) in [6.07, 6.45) is 0.377. The number of hydrogen-bond donors (Lipinski definition) is 1. The Labute approximate surface area is 149 Å². The fourth-order valence-corrected chi connectivity index (χ4v) is 2.81. The lowest BCUT2D eigenvalue weighted by Gasteiger charge is -2.22. The highest BCUT2D eigenvalue weighted by molar-refractivity contribution is 5.94. The van der Waals surface area contributed by atoms with Gasteiger partial charge in [0, 0.05) is 25.3 Å². The number of benzene rings is 2. The van der Waals surface area contributed by atoms with Crippen LogP contribution in [0.25, 0.3) is 0 Å². The monoisotopic (exact) mass is 346 g/mol. The Hall–Kier alpha value is -2.04. The lowest BCUT2D eigenvalue weighted by molar-refractivity contribution is -0.119. The first-order chi connectivity index (χ1) is 11.2. The van der Waals surface area contributed by atoms with Crippen LogP contribution < -0.4 is 15.0 Å². The first-order valence-electron chi connectivity index (χ1n) is 8.02. The predicted molar refractivity (Wildman–Crippen MR) is 99.0 cm³/mol. The highest BCUT2D eigenvalue weighted by Gasteiger charge is 2.20. The summed E-state index contributed by atoms with van der Waals surface area (Å²) in [6, 6.07) is 16.0. The van der Waals surface area contributed by atoms with E-state index in [0.717, 1.165) is 35.7 Å². The highest BCUT2D eigenvalue weighted by atomic mass is 35.5. The summed E-state index contributed by atoms with van der Waals surface area (Å²) in [5.41, 5.74) is 3.33. The molecule has 4 nitrogen and oxygen atoms in total. The van der Waals surface area contributed by atoms with Crippen molar-refractivity contribution in [2.45, 2.75) is 19.9 Å². The van der Waals surface area contributed by atoms with Crippen LogP contribution in [0.5, 0.6) is 5.75 Å². The van der Waals surface area contributed by atoms with Gasteiger partial charge in [-0.25, -0.2) is 0 Å². The minimum atomic E-state index is 0. The molecule has 0 saturated carbocycles. The van der Waals surface area contributed by atoms with E-state index in [1.165, 1.54) is 0 Å². The molecule has 0 fully saturated rings. The standard InChI is InChI=1S/C19H22N2O2.ClH/c1-15-5-4-7-17(13-15)23-12-9-19(22)21-11-10-20-14-16-6-2-3-8-18(16)21;/h2-8,13,20H,9-12,14H2,1H3;1H. The Morgan fingerprint density at radius 1 is 1.21 bits per heavy atom. The molecule has 2 aromatic rings. The molecule has 24 heavy (non-hydrogen) atoms. The summed E-state index contributed by atoms with van der Waals surface area (Å²) in [5, 5.41) is 3.35. The Balaban J connectivity index is 0.00000208. The second-order valence-electron chi connectivity index (χ2n) is 5.77. The van der Waals surface area contributed by atoms with Gasteiger partial charge in [-0.05, 0) is 36.2 Å². The van der Waals surface area contributed by atoms with Gasteiger partial charge in [0.25, 0.3) is 0 Å². The molecule has 2 aromatic carbocycles. The van der Waals surface area contributed by atoms with E-state index in [1.54, 1.807) is 0 Å². The summed E-state index contributed by atoms with van der Waals surface area (Å²) in [6.45, 7) is 4.73. The molecule has 1 heterocycles. The van der Waals surface area contributed by atoms with Crippen LogP contribution in [0, 0.1) is 6.92 Å². The number of carbonyl (C=O) groups excluding carboxylic acids is 1. The molecule has 0 spiro atoms. The number of rotatable bonds is 4. The van der Waals surface area contributed by atoms with Crippen molar-refractivity contribution in [1.29, 1.82) is 0 Å². The quantitative estimate of drug-likeness (QED) is 0.923. The minimum absolute atomic E-state index is 0. The van der Waals surface area contributed by atoms with Crippen LogP contribution in [-0.2, 0) is 11.3 Å². The van der Waals surface area contributed by atoms with E-state index in [1.807, 2.05) is 54.3 Å². The van der Waals surface area contributed by atoms with Gasteiger partial charge in [0.05, 0.1) is 13.0 Å². The number of para-hydroxylation sites is 1. The number of halogens is 1. The minimum Gasteiger partial charge on any atom is -0.493 e. The number of fused-ring (bicyclic) bond motifs is 1.